The van der Waals surface area contributed by atoms with Gasteiger partial charge in [0.2, 0.25) is 5.91 Å². The van der Waals surface area contributed by atoms with Gasteiger partial charge in [-0.2, -0.15) is 8.42 Å². The highest BCUT2D eigenvalue weighted by Gasteiger charge is 2.26. The molecule has 4 N–H and O–H groups in total. The fourth-order valence-electron chi connectivity index (χ4n) is 3.82. The Balaban J connectivity index is 0.00000441. The Labute approximate surface area is 241 Å². The monoisotopic (exact) mass is 602 g/mol. The summed E-state index contributed by atoms with van der Waals surface area (Å²) in [4.78, 5) is 31.3. The number of anilines is 1. The van der Waals surface area contributed by atoms with Gasteiger partial charge in [0.05, 0.1) is 29.4 Å². The maximum Gasteiger partial charge on any atom is 0.407 e. The number of ether oxygens (including phenoxy) is 1. The van der Waals surface area contributed by atoms with Gasteiger partial charge in [0.1, 0.15) is 11.0 Å². The van der Waals surface area contributed by atoms with Crippen molar-refractivity contribution in [2.45, 2.75) is 32.4 Å². The second-order valence-corrected chi connectivity index (χ2v) is 11.4. The number of alkyl carbamates (subject to hydrolysis) is 1. The zero-order chi connectivity index (χ0) is 27.8. The Morgan fingerprint density at radius 3 is 2.27 bits per heavy atom. The molecule has 0 aliphatic heterocycles. The molecule has 2 amide bonds. The van der Waals surface area contributed by atoms with E-state index in [1.807, 2.05) is 57.9 Å². The van der Waals surface area contributed by atoms with E-state index in [-0.39, 0.29) is 19.5 Å². The second kappa shape index (κ2) is 14.0. The number of hydrogen-bond acceptors (Lipinski definition) is 8. The normalized spacial score (nSPS) is 12.4. The minimum Gasteiger partial charge on any atom is -0.453 e. The van der Waals surface area contributed by atoms with Crippen molar-refractivity contribution in [3.8, 4) is 9.88 Å². The lowest BCUT2D eigenvalue weighted by molar-refractivity contribution is -0.123. The minimum absolute atomic E-state index is 0. The van der Waals surface area contributed by atoms with Crippen LogP contribution in [0.5, 0.6) is 0 Å². The van der Waals surface area contributed by atoms with Crippen molar-refractivity contribution in [2.75, 3.05) is 11.8 Å². The number of carbonyl (C=O) groups excluding carboxylic acids is 2. The van der Waals surface area contributed by atoms with Gasteiger partial charge in [0.25, 0.3) is 0 Å². The van der Waals surface area contributed by atoms with Crippen molar-refractivity contribution in [3.05, 3.63) is 94.3 Å². The van der Waals surface area contributed by atoms with Crippen LogP contribution >= 0.6 is 22.7 Å². The van der Waals surface area contributed by atoms with E-state index >= 15 is 0 Å². The topological polar surface area (TPSA) is 147 Å². The van der Waals surface area contributed by atoms with Gasteiger partial charge in [-0.25, -0.2) is 9.78 Å². The largest absolute Gasteiger partial charge is 0.453 e. The molecule has 0 spiro atoms. The third kappa shape index (κ3) is 8.88. The second-order valence-electron chi connectivity index (χ2n) is 8.47. The van der Waals surface area contributed by atoms with Gasteiger partial charge in [0, 0.05) is 11.8 Å². The van der Waals surface area contributed by atoms with Crippen LogP contribution in [0, 0.1) is 0 Å². The lowest BCUT2D eigenvalue weighted by Gasteiger charge is -2.23. The van der Waals surface area contributed by atoms with Crippen molar-refractivity contribution in [3.63, 3.8) is 0 Å². The highest BCUT2D eigenvalue weighted by Crippen LogP contribution is 2.31. The molecule has 13 heteroatoms. The number of thiophene rings is 1. The average Bonchev–Trinajstić information content (AvgIpc) is 3.61. The smallest absolute Gasteiger partial charge is 0.407 e. The fraction of sp³-hybridized carbons (Fsp3) is 0.222. The number of methoxy groups -OCH3 is 1. The highest BCUT2D eigenvalue weighted by molar-refractivity contribution is 7.87. The molecule has 4 rings (SSSR count). The molecule has 2 aromatic carbocycles. The van der Waals surface area contributed by atoms with Crippen LogP contribution in [0.2, 0.25) is 0 Å². The molecular weight excluding hydrogens is 573 g/mol. The molecule has 0 saturated heterocycles. The Kier molecular flexibility index (Phi) is 10.8. The fourth-order valence-corrected chi connectivity index (χ4v) is 5.94. The number of carbonyl (C=O) groups is 2. The number of thiazole rings is 1. The van der Waals surface area contributed by atoms with E-state index in [0.717, 1.165) is 21.0 Å². The quantitative estimate of drug-likeness (QED) is 0.175. The Hall–Kier alpha value is -3.78. The number of nitrogens with one attached hydrogen (secondary N) is 3. The Morgan fingerprint density at radius 1 is 0.950 bits per heavy atom. The highest BCUT2D eigenvalue weighted by atomic mass is 32.2. The summed E-state index contributed by atoms with van der Waals surface area (Å²) in [5.74, 6) is -0.412. The molecular formula is C27H30N4O6S3. The molecule has 0 aliphatic carbocycles. The predicted octanol–water partition coefficient (Wildman–Crippen LogP) is 5.09. The maximum atomic E-state index is 13.5. The van der Waals surface area contributed by atoms with Gasteiger partial charge in [0.15, 0.2) is 0 Å². The van der Waals surface area contributed by atoms with Gasteiger partial charge in [-0.1, -0.05) is 56.0 Å². The van der Waals surface area contributed by atoms with Crippen LogP contribution in [0.15, 0.2) is 77.5 Å². The zero-order valence-electron chi connectivity index (χ0n) is 20.7. The number of aromatic nitrogens is 1. The molecule has 0 aliphatic rings. The van der Waals surface area contributed by atoms with Crippen LogP contribution in [0.4, 0.5) is 10.5 Å². The molecule has 0 radical (unpaired) electrons. The molecule has 2 aromatic heterocycles. The first-order chi connectivity index (χ1) is 18.7. The SMILES string of the molecule is C.COC(=O)N[C@H](Cc1ccccc1)C(=O)N[C@@H](Cc1ccc(NS(=O)(=O)O)cc1)c1csc(-c2cccs2)n1. The molecule has 40 heavy (non-hydrogen) atoms. The van der Waals surface area contributed by atoms with E-state index in [1.54, 1.807) is 23.5 Å². The molecule has 0 unspecified atom stereocenters. The van der Waals surface area contributed by atoms with Crippen molar-refractivity contribution in [2.24, 2.45) is 0 Å². The van der Waals surface area contributed by atoms with E-state index in [2.05, 4.69) is 10.6 Å². The standard InChI is InChI=1S/C26H26N4O6S3.CH4/c1-36-26(32)29-21(15-17-6-3-2-4-7-17)24(31)27-20(22-16-38-25(28-22)23-8-5-13-37-23)14-18-9-11-19(12-10-18)30-39(33,34)35;/h2-13,16,20-21,30H,14-15H2,1H3,(H,27,31)(H,29,32)(H,33,34,35);1H4/t20-,21+;/m0./s1. The molecule has 2 heterocycles. The summed E-state index contributed by atoms with van der Waals surface area (Å²) in [7, 11) is -3.16. The van der Waals surface area contributed by atoms with Crippen LogP contribution in [0.3, 0.4) is 0 Å². The summed E-state index contributed by atoms with van der Waals surface area (Å²) in [6, 6.07) is 18.2. The molecule has 4 aromatic rings. The Bertz CT molecular complexity index is 1490. The maximum absolute atomic E-state index is 13.5. The number of amides is 2. The summed E-state index contributed by atoms with van der Waals surface area (Å²) >= 11 is 3.02. The average molecular weight is 603 g/mol. The van der Waals surface area contributed by atoms with E-state index in [1.165, 1.54) is 30.6 Å². The zero-order valence-corrected chi connectivity index (χ0v) is 23.2. The summed E-state index contributed by atoms with van der Waals surface area (Å²) in [5, 5.41) is 10.3. The molecule has 0 saturated carbocycles. The third-order valence-corrected chi connectivity index (χ3v) is 8.04. The van der Waals surface area contributed by atoms with E-state index < -0.39 is 34.4 Å². The van der Waals surface area contributed by atoms with Crippen molar-refractivity contribution >= 4 is 50.7 Å². The van der Waals surface area contributed by atoms with E-state index in [0.29, 0.717) is 12.1 Å². The first-order valence-electron chi connectivity index (χ1n) is 11.7. The summed E-state index contributed by atoms with van der Waals surface area (Å²) in [5.41, 5.74) is 2.49. The van der Waals surface area contributed by atoms with Crippen LogP contribution in [0.25, 0.3) is 9.88 Å². The first-order valence-corrected chi connectivity index (χ1v) is 14.9. The molecule has 0 bridgehead atoms. The van der Waals surface area contributed by atoms with Crippen molar-refractivity contribution < 1.29 is 27.3 Å². The Morgan fingerprint density at radius 2 is 1.65 bits per heavy atom. The number of benzene rings is 2. The van der Waals surface area contributed by atoms with Crippen LogP contribution in [0.1, 0.15) is 30.3 Å². The molecule has 10 nitrogen and oxygen atoms in total. The molecule has 212 valence electrons. The van der Waals surface area contributed by atoms with Crippen LogP contribution in [-0.2, 0) is 32.7 Å². The van der Waals surface area contributed by atoms with Crippen LogP contribution in [-0.4, -0.2) is 43.1 Å². The third-order valence-electron chi connectivity index (χ3n) is 5.64. The van der Waals surface area contributed by atoms with Crippen LogP contribution < -0.4 is 15.4 Å². The van der Waals surface area contributed by atoms with Gasteiger partial charge in [-0.3, -0.25) is 14.1 Å². The minimum atomic E-state index is -4.40. The number of rotatable bonds is 11. The summed E-state index contributed by atoms with van der Waals surface area (Å²) < 4.78 is 38.0. The summed E-state index contributed by atoms with van der Waals surface area (Å²) in [6.45, 7) is 0. The van der Waals surface area contributed by atoms with E-state index in [9.17, 15) is 18.0 Å². The summed E-state index contributed by atoms with van der Waals surface area (Å²) in [6.07, 6.45) is -0.137. The lowest BCUT2D eigenvalue weighted by atomic mass is 10.0. The van der Waals surface area contributed by atoms with Gasteiger partial charge in [-0.05, 0) is 41.1 Å². The van der Waals surface area contributed by atoms with Crippen molar-refractivity contribution in [1.82, 2.24) is 15.6 Å². The number of nitrogens with zero attached hydrogens (tertiary/aromatic N) is 1. The van der Waals surface area contributed by atoms with Crippen molar-refractivity contribution in [1.29, 1.82) is 0 Å². The lowest BCUT2D eigenvalue weighted by Crippen LogP contribution is -2.49. The molecule has 2 atom stereocenters. The van der Waals surface area contributed by atoms with Gasteiger partial charge >= 0.3 is 16.4 Å². The molecule has 0 fully saturated rings. The van der Waals surface area contributed by atoms with E-state index in [4.69, 9.17) is 14.3 Å². The first kappa shape index (κ1) is 30.8. The number of hydrogen-bond donors (Lipinski definition) is 4. The van der Waals surface area contributed by atoms with Gasteiger partial charge in [-0.15, -0.1) is 22.7 Å². The van der Waals surface area contributed by atoms with Gasteiger partial charge < -0.3 is 15.4 Å². The predicted molar refractivity (Wildman–Crippen MR) is 158 cm³/mol.